The van der Waals surface area contributed by atoms with E-state index in [-0.39, 0.29) is 11.7 Å². The van der Waals surface area contributed by atoms with Gasteiger partial charge in [-0.25, -0.2) is 4.98 Å². The predicted molar refractivity (Wildman–Crippen MR) is 54.6 cm³/mol. The zero-order valence-corrected chi connectivity index (χ0v) is 9.04. The largest absolute Gasteiger partial charge is 0.385 e. The lowest BCUT2D eigenvalue weighted by Gasteiger charge is -2.00. The second-order valence-corrected chi connectivity index (χ2v) is 3.06. The zero-order chi connectivity index (χ0) is 11.1. The average Bonchev–Trinajstić information content (AvgIpc) is 2.72. The van der Waals surface area contributed by atoms with Crippen LogP contribution in [0.5, 0.6) is 0 Å². The summed E-state index contributed by atoms with van der Waals surface area (Å²) in [4.78, 5) is 15.5. The fraction of sp³-hybridized carbons (Fsp3) is 0.667. The van der Waals surface area contributed by atoms with E-state index in [4.69, 9.17) is 4.74 Å². The van der Waals surface area contributed by atoms with Gasteiger partial charge in [-0.2, -0.15) is 0 Å². The number of aromatic nitrogens is 3. The van der Waals surface area contributed by atoms with Gasteiger partial charge in [-0.1, -0.05) is 6.92 Å². The molecule has 84 valence electrons. The van der Waals surface area contributed by atoms with Crippen molar-refractivity contribution in [3.05, 3.63) is 11.6 Å². The summed E-state index contributed by atoms with van der Waals surface area (Å²) in [7, 11) is 1.63. The molecule has 0 aliphatic heterocycles. The van der Waals surface area contributed by atoms with E-state index in [0.717, 1.165) is 18.7 Å². The second kappa shape index (κ2) is 6.13. The van der Waals surface area contributed by atoms with Crippen molar-refractivity contribution < 1.29 is 9.53 Å². The predicted octanol–water partition coefficient (Wildman–Crippen LogP) is 0.133. The van der Waals surface area contributed by atoms with Gasteiger partial charge in [0.05, 0.1) is 0 Å². The smallest absolute Gasteiger partial charge is 0.290 e. The number of rotatable bonds is 6. The van der Waals surface area contributed by atoms with Crippen LogP contribution in [0.4, 0.5) is 0 Å². The van der Waals surface area contributed by atoms with Crippen LogP contribution in [0.2, 0.25) is 0 Å². The van der Waals surface area contributed by atoms with Crippen molar-refractivity contribution in [1.82, 2.24) is 20.5 Å². The van der Waals surface area contributed by atoms with Crippen molar-refractivity contribution >= 4 is 5.91 Å². The van der Waals surface area contributed by atoms with E-state index in [0.29, 0.717) is 13.2 Å². The van der Waals surface area contributed by atoms with Gasteiger partial charge in [0, 0.05) is 26.7 Å². The summed E-state index contributed by atoms with van der Waals surface area (Å²) >= 11 is 0. The molecule has 0 atom stereocenters. The molecule has 1 amide bonds. The normalized spacial score (nSPS) is 10.3. The highest BCUT2D eigenvalue weighted by atomic mass is 16.5. The number of hydrogen-bond acceptors (Lipinski definition) is 4. The maximum Gasteiger partial charge on any atom is 0.290 e. The minimum Gasteiger partial charge on any atom is -0.385 e. The fourth-order valence-electron chi connectivity index (χ4n) is 1.05. The van der Waals surface area contributed by atoms with E-state index < -0.39 is 0 Å². The summed E-state index contributed by atoms with van der Waals surface area (Å²) in [6.45, 7) is 3.15. The molecule has 1 aromatic heterocycles. The SMILES string of the molecule is CCc1nc(C(=O)NCCCOC)n[nH]1. The summed E-state index contributed by atoms with van der Waals surface area (Å²) in [5, 5.41) is 9.20. The molecular weight excluding hydrogens is 196 g/mol. The Morgan fingerprint density at radius 3 is 3.00 bits per heavy atom. The maximum absolute atomic E-state index is 11.4. The van der Waals surface area contributed by atoms with E-state index in [9.17, 15) is 4.79 Å². The number of hydrogen-bond donors (Lipinski definition) is 2. The number of carbonyl (C=O) groups is 1. The number of nitrogens with one attached hydrogen (secondary N) is 2. The molecule has 2 N–H and O–H groups in total. The summed E-state index contributed by atoms with van der Waals surface area (Å²) < 4.78 is 4.86. The molecule has 6 nitrogen and oxygen atoms in total. The quantitative estimate of drug-likeness (QED) is 0.657. The molecule has 1 aromatic rings. The highest BCUT2D eigenvalue weighted by molar-refractivity contribution is 5.90. The standard InChI is InChI=1S/C9H16N4O2/c1-3-7-11-8(13-12-7)9(14)10-5-4-6-15-2/h3-6H2,1-2H3,(H,10,14)(H,11,12,13). The molecule has 0 fully saturated rings. The number of H-pyrrole nitrogens is 1. The van der Waals surface area contributed by atoms with Crippen molar-refractivity contribution in [2.24, 2.45) is 0 Å². The van der Waals surface area contributed by atoms with E-state index in [2.05, 4.69) is 20.5 Å². The monoisotopic (exact) mass is 212 g/mol. The van der Waals surface area contributed by atoms with Gasteiger partial charge in [0.2, 0.25) is 5.82 Å². The van der Waals surface area contributed by atoms with Crippen molar-refractivity contribution in [3.8, 4) is 0 Å². The van der Waals surface area contributed by atoms with Crippen LogP contribution in [0.3, 0.4) is 0 Å². The molecule has 0 aliphatic rings. The Morgan fingerprint density at radius 1 is 1.60 bits per heavy atom. The minimum absolute atomic E-state index is 0.198. The van der Waals surface area contributed by atoms with Crippen LogP contribution in [0.15, 0.2) is 0 Å². The lowest BCUT2D eigenvalue weighted by Crippen LogP contribution is -2.26. The molecule has 15 heavy (non-hydrogen) atoms. The van der Waals surface area contributed by atoms with E-state index in [1.807, 2.05) is 6.92 Å². The molecule has 0 saturated heterocycles. The Morgan fingerprint density at radius 2 is 2.40 bits per heavy atom. The van der Waals surface area contributed by atoms with E-state index in [1.165, 1.54) is 0 Å². The van der Waals surface area contributed by atoms with Crippen LogP contribution in [0.1, 0.15) is 29.8 Å². The molecule has 0 radical (unpaired) electrons. The van der Waals surface area contributed by atoms with Crippen LogP contribution in [0, 0.1) is 0 Å². The van der Waals surface area contributed by atoms with Gasteiger partial charge in [-0.05, 0) is 6.42 Å². The Balaban J connectivity index is 2.33. The molecule has 0 aromatic carbocycles. The van der Waals surface area contributed by atoms with Gasteiger partial charge < -0.3 is 10.1 Å². The lowest BCUT2D eigenvalue weighted by atomic mass is 10.4. The third-order valence-electron chi connectivity index (χ3n) is 1.88. The number of ether oxygens (including phenoxy) is 1. The van der Waals surface area contributed by atoms with E-state index in [1.54, 1.807) is 7.11 Å². The topological polar surface area (TPSA) is 79.9 Å². The molecule has 1 rings (SSSR count). The van der Waals surface area contributed by atoms with Gasteiger partial charge in [0.1, 0.15) is 5.82 Å². The van der Waals surface area contributed by atoms with Crippen LogP contribution in [-0.2, 0) is 11.2 Å². The van der Waals surface area contributed by atoms with Crippen LogP contribution in [-0.4, -0.2) is 41.3 Å². The molecule has 1 heterocycles. The minimum atomic E-state index is -0.248. The molecular formula is C9H16N4O2. The number of carbonyl (C=O) groups excluding carboxylic acids is 1. The zero-order valence-electron chi connectivity index (χ0n) is 9.04. The Hall–Kier alpha value is -1.43. The van der Waals surface area contributed by atoms with Crippen LogP contribution < -0.4 is 5.32 Å². The molecule has 0 saturated carbocycles. The maximum atomic E-state index is 11.4. The number of nitrogens with zero attached hydrogens (tertiary/aromatic N) is 2. The lowest BCUT2D eigenvalue weighted by molar-refractivity contribution is 0.0938. The van der Waals surface area contributed by atoms with Gasteiger partial charge >= 0.3 is 0 Å². The number of amides is 1. The number of aryl methyl sites for hydroxylation is 1. The molecule has 0 aliphatic carbocycles. The van der Waals surface area contributed by atoms with Crippen LogP contribution in [0.25, 0.3) is 0 Å². The number of aromatic amines is 1. The van der Waals surface area contributed by atoms with Crippen molar-refractivity contribution in [3.63, 3.8) is 0 Å². The average molecular weight is 212 g/mol. The molecule has 0 bridgehead atoms. The molecule has 6 heteroatoms. The Kier molecular flexibility index (Phi) is 4.76. The van der Waals surface area contributed by atoms with Gasteiger partial charge in [0.15, 0.2) is 0 Å². The fourth-order valence-corrected chi connectivity index (χ4v) is 1.05. The van der Waals surface area contributed by atoms with Crippen molar-refractivity contribution in [2.75, 3.05) is 20.3 Å². The van der Waals surface area contributed by atoms with E-state index >= 15 is 0 Å². The summed E-state index contributed by atoms with van der Waals surface area (Å²) in [5.41, 5.74) is 0. The highest BCUT2D eigenvalue weighted by Crippen LogP contribution is 1.93. The van der Waals surface area contributed by atoms with Gasteiger partial charge in [0.25, 0.3) is 5.91 Å². The first kappa shape index (κ1) is 11.6. The summed E-state index contributed by atoms with van der Waals surface area (Å²) in [5.74, 6) is 0.670. The Bertz CT molecular complexity index is 311. The third kappa shape index (κ3) is 3.67. The summed E-state index contributed by atoms with van der Waals surface area (Å²) in [6, 6.07) is 0. The van der Waals surface area contributed by atoms with Gasteiger partial charge in [-0.15, -0.1) is 5.10 Å². The molecule has 0 unspecified atom stereocenters. The summed E-state index contributed by atoms with van der Waals surface area (Å²) in [6.07, 6.45) is 1.53. The van der Waals surface area contributed by atoms with Crippen LogP contribution >= 0.6 is 0 Å². The third-order valence-corrected chi connectivity index (χ3v) is 1.88. The highest BCUT2D eigenvalue weighted by Gasteiger charge is 2.10. The second-order valence-electron chi connectivity index (χ2n) is 3.06. The van der Waals surface area contributed by atoms with Crippen molar-refractivity contribution in [1.29, 1.82) is 0 Å². The molecule has 0 spiro atoms. The van der Waals surface area contributed by atoms with Crippen molar-refractivity contribution in [2.45, 2.75) is 19.8 Å². The Labute approximate surface area is 88.4 Å². The first-order valence-corrected chi connectivity index (χ1v) is 4.96. The number of methoxy groups -OCH3 is 1. The first-order chi connectivity index (χ1) is 7.27. The first-order valence-electron chi connectivity index (χ1n) is 4.96. The van der Waals surface area contributed by atoms with Gasteiger partial charge in [-0.3, -0.25) is 9.89 Å².